The molecule has 2 aromatic rings. The first kappa shape index (κ1) is 41.7. The van der Waals surface area contributed by atoms with E-state index in [4.69, 9.17) is 10.1 Å². The number of methoxy groups -OCH3 is 1. The zero-order valence-electron chi connectivity index (χ0n) is 32.3. The molecule has 5 rings (SSSR count). The first-order chi connectivity index (χ1) is 27.1. The monoisotopic (exact) mass is 780 g/mol. The minimum absolute atomic E-state index is 0.0672. The number of carbonyl (C=O) groups is 3. The third-order valence-corrected chi connectivity index (χ3v) is 11.2. The third-order valence-electron chi connectivity index (χ3n) is 10.3. The summed E-state index contributed by atoms with van der Waals surface area (Å²) in [4.78, 5) is 50.8. The van der Waals surface area contributed by atoms with E-state index in [-0.39, 0.29) is 33.8 Å². The van der Waals surface area contributed by atoms with Gasteiger partial charge in [0.1, 0.15) is 12.1 Å². The van der Waals surface area contributed by atoms with E-state index in [9.17, 15) is 24.5 Å². The standard InChI is InChI=1S/C43H52N6O6S/c1-4-33-39(49(53)54)22-21-35(40(33)44)45-24-23-34(31-17-11-18-31)46-37(26-30-15-9-6-10-16-30)42(51)48-36(25-29-13-7-5-8-14-29)41(32-19-12-20-32)47-38(43(52)55-3)27-56-28(2)50/h4-10,13-16,21-22,36-38,44-47H,11-12,17-20,23-27H2,1-3H3,(H,48,51). The number of esters is 1. The van der Waals surface area contributed by atoms with E-state index in [1.54, 1.807) is 19.1 Å². The number of allylic oxidation sites excluding steroid dienone is 7. The molecular weight excluding hydrogens is 729 g/mol. The van der Waals surface area contributed by atoms with Crippen LogP contribution in [0.25, 0.3) is 0 Å². The van der Waals surface area contributed by atoms with E-state index < -0.39 is 29.0 Å². The highest BCUT2D eigenvalue weighted by molar-refractivity contribution is 8.13. The predicted octanol–water partition coefficient (Wildman–Crippen LogP) is 6.21. The number of nitrogens with one attached hydrogen (secondary N) is 5. The van der Waals surface area contributed by atoms with Gasteiger partial charge >= 0.3 is 5.97 Å². The minimum atomic E-state index is -0.792. The normalized spacial score (nSPS) is 17.2. The van der Waals surface area contributed by atoms with Crippen LogP contribution in [-0.2, 0) is 32.0 Å². The van der Waals surface area contributed by atoms with Crippen molar-refractivity contribution in [3.05, 3.63) is 140 Å². The molecular formula is C43H52N6O6S. The molecule has 3 aliphatic carbocycles. The van der Waals surface area contributed by atoms with Crippen LogP contribution in [0.4, 0.5) is 0 Å². The van der Waals surface area contributed by atoms with Crippen molar-refractivity contribution in [3.63, 3.8) is 0 Å². The summed E-state index contributed by atoms with van der Waals surface area (Å²) in [6, 6.07) is 17.8. The number of amides is 1. The zero-order valence-corrected chi connectivity index (χ0v) is 33.1. The van der Waals surface area contributed by atoms with Crippen molar-refractivity contribution < 1.29 is 24.0 Å². The Morgan fingerprint density at radius 3 is 2.00 bits per heavy atom. The first-order valence-electron chi connectivity index (χ1n) is 19.2. The summed E-state index contributed by atoms with van der Waals surface area (Å²) in [6.45, 7) is 3.60. The van der Waals surface area contributed by atoms with Gasteiger partial charge in [-0.2, -0.15) is 0 Å². The topological polar surface area (TPSA) is 176 Å². The van der Waals surface area contributed by atoms with Crippen LogP contribution < -0.4 is 21.3 Å². The van der Waals surface area contributed by atoms with Gasteiger partial charge in [0.05, 0.1) is 35.1 Å². The molecule has 2 aromatic carbocycles. The number of ether oxygens (including phenoxy) is 1. The maximum atomic E-state index is 14.7. The van der Waals surface area contributed by atoms with Crippen LogP contribution in [0.2, 0.25) is 0 Å². The minimum Gasteiger partial charge on any atom is -0.467 e. The fourth-order valence-electron chi connectivity index (χ4n) is 6.92. The van der Waals surface area contributed by atoms with Gasteiger partial charge < -0.3 is 26.0 Å². The lowest BCUT2D eigenvalue weighted by Gasteiger charge is -2.34. The van der Waals surface area contributed by atoms with Crippen LogP contribution in [0, 0.1) is 15.5 Å². The Hall–Kier alpha value is -5.43. The summed E-state index contributed by atoms with van der Waals surface area (Å²) in [5, 5.41) is 33.8. The molecule has 2 saturated carbocycles. The van der Waals surface area contributed by atoms with Gasteiger partial charge in [-0.1, -0.05) is 84.1 Å². The third kappa shape index (κ3) is 11.3. The Kier molecular flexibility index (Phi) is 15.3. The van der Waals surface area contributed by atoms with Crippen molar-refractivity contribution in [2.45, 2.75) is 89.8 Å². The highest BCUT2D eigenvalue weighted by atomic mass is 32.2. The molecule has 13 heteroatoms. The molecule has 0 aromatic heterocycles. The maximum Gasteiger partial charge on any atom is 0.329 e. The van der Waals surface area contributed by atoms with Gasteiger partial charge in [0.15, 0.2) is 5.12 Å². The number of benzene rings is 2. The Labute approximate surface area is 333 Å². The quantitative estimate of drug-likeness (QED) is 0.0627. The Balaban J connectivity index is 1.42. The molecule has 3 atom stereocenters. The largest absolute Gasteiger partial charge is 0.467 e. The van der Waals surface area contributed by atoms with Crippen molar-refractivity contribution in [3.8, 4) is 0 Å². The molecule has 5 N–H and O–H groups in total. The van der Waals surface area contributed by atoms with Crippen LogP contribution in [0.1, 0.15) is 69.9 Å². The van der Waals surface area contributed by atoms with Gasteiger partial charge in [-0.3, -0.25) is 25.1 Å². The van der Waals surface area contributed by atoms with E-state index in [2.05, 4.69) is 21.3 Å². The summed E-state index contributed by atoms with van der Waals surface area (Å²) in [5.74, 6) is -0.489. The van der Waals surface area contributed by atoms with Crippen LogP contribution in [-0.4, -0.2) is 65.2 Å². The van der Waals surface area contributed by atoms with Gasteiger partial charge in [-0.05, 0) is 74.6 Å². The average molecular weight is 781 g/mol. The van der Waals surface area contributed by atoms with E-state index in [1.165, 1.54) is 25.7 Å². The number of nitrogens with zero attached hydrogens (tertiary/aromatic N) is 1. The predicted molar refractivity (Wildman–Crippen MR) is 220 cm³/mol. The van der Waals surface area contributed by atoms with Crippen LogP contribution in [0.3, 0.4) is 0 Å². The van der Waals surface area contributed by atoms with Crippen molar-refractivity contribution in [2.75, 3.05) is 19.4 Å². The van der Waals surface area contributed by atoms with E-state index in [1.807, 2.05) is 60.7 Å². The fourth-order valence-corrected chi connectivity index (χ4v) is 7.54. The molecule has 0 heterocycles. The van der Waals surface area contributed by atoms with Crippen LogP contribution in [0.15, 0.2) is 118 Å². The van der Waals surface area contributed by atoms with Gasteiger partial charge in [0.25, 0.3) is 5.70 Å². The van der Waals surface area contributed by atoms with E-state index in [0.29, 0.717) is 31.5 Å². The number of carbonyl (C=O) groups excluding carboxylic acids is 3. The number of rotatable bonds is 19. The van der Waals surface area contributed by atoms with Crippen LogP contribution in [0.5, 0.6) is 0 Å². The Bertz CT molecular complexity index is 1930. The van der Waals surface area contributed by atoms with Crippen molar-refractivity contribution in [2.24, 2.45) is 0 Å². The van der Waals surface area contributed by atoms with Crippen molar-refractivity contribution >= 4 is 34.5 Å². The van der Waals surface area contributed by atoms with Gasteiger partial charge in [0, 0.05) is 49.5 Å². The second-order valence-electron chi connectivity index (χ2n) is 14.1. The number of hydrogen-bond acceptors (Lipinski definition) is 11. The number of thioether (sulfide) groups is 1. The van der Waals surface area contributed by atoms with E-state index >= 15 is 0 Å². The molecule has 2 fully saturated rings. The average Bonchev–Trinajstić information content (AvgIpc) is 3.14. The molecule has 0 aliphatic heterocycles. The lowest BCUT2D eigenvalue weighted by molar-refractivity contribution is -0.420. The highest BCUT2D eigenvalue weighted by Gasteiger charge is 2.32. The van der Waals surface area contributed by atoms with Gasteiger partial charge in [0.2, 0.25) is 5.91 Å². The van der Waals surface area contributed by atoms with Crippen molar-refractivity contribution in [1.29, 1.82) is 5.41 Å². The highest BCUT2D eigenvalue weighted by Crippen LogP contribution is 2.32. The fraction of sp³-hybridized carbons (Fsp3) is 0.395. The zero-order chi connectivity index (χ0) is 40.0. The summed E-state index contributed by atoms with van der Waals surface area (Å²) < 4.78 is 5.14. The second kappa shape index (κ2) is 20.5. The summed E-state index contributed by atoms with van der Waals surface area (Å²) >= 11 is 1.05. The molecule has 12 nitrogen and oxygen atoms in total. The second-order valence-corrected chi connectivity index (χ2v) is 15.3. The molecule has 0 saturated heterocycles. The molecule has 296 valence electrons. The lowest BCUT2D eigenvalue weighted by Crippen LogP contribution is -2.53. The smallest absolute Gasteiger partial charge is 0.329 e. The molecule has 0 radical (unpaired) electrons. The molecule has 56 heavy (non-hydrogen) atoms. The molecule has 3 aliphatic rings. The van der Waals surface area contributed by atoms with Gasteiger partial charge in [-0.15, -0.1) is 0 Å². The SMILES string of the molecule is CC=C1C(=N)C(NCCC(NC(Cc2ccccc2)C(=O)NC(Cc2ccccc2)C(NC(CSC(C)=O)C(=O)OC)=C2CCC2)=C2CCC2)=CC=C1[N+](=O)[O-]. The number of hydrogen-bond donors (Lipinski definition) is 5. The van der Waals surface area contributed by atoms with E-state index in [0.717, 1.165) is 78.4 Å². The van der Waals surface area contributed by atoms with Gasteiger partial charge in [-0.25, -0.2) is 4.79 Å². The summed E-state index contributed by atoms with van der Waals surface area (Å²) in [6.07, 6.45) is 11.6. The van der Waals surface area contributed by atoms with Crippen molar-refractivity contribution in [1.82, 2.24) is 21.3 Å². The number of nitro groups is 1. The Morgan fingerprint density at radius 2 is 1.48 bits per heavy atom. The van der Waals surface area contributed by atoms with Crippen LogP contribution >= 0.6 is 11.8 Å². The first-order valence-corrected chi connectivity index (χ1v) is 20.2. The molecule has 0 bridgehead atoms. The summed E-state index contributed by atoms with van der Waals surface area (Å²) in [5.41, 5.74) is 6.87. The Morgan fingerprint density at radius 1 is 0.875 bits per heavy atom. The lowest BCUT2D eigenvalue weighted by atomic mass is 9.86. The molecule has 0 spiro atoms. The maximum absolute atomic E-state index is 14.7. The summed E-state index contributed by atoms with van der Waals surface area (Å²) in [7, 11) is 1.33. The molecule has 1 amide bonds. The molecule has 3 unspecified atom stereocenters.